The molecule has 9 heavy (non-hydrogen) atoms. The van der Waals surface area contributed by atoms with E-state index < -0.39 is 20.8 Å². The van der Waals surface area contributed by atoms with Crippen molar-refractivity contribution in [1.29, 1.82) is 0 Å². The Morgan fingerprint density at radius 3 is 0.778 bits per heavy atom. The van der Waals surface area contributed by atoms with Crippen LogP contribution < -0.4 is 0 Å². The normalized spacial score (nSPS) is 3.56. The van der Waals surface area contributed by atoms with Crippen molar-refractivity contribution < 1.29 is 20.8 Å². The summed E-state index contributed by atoms with van der Waals surface area (Å²) in [6.07, 6.45) is 0. The molecule has 0 nitrogen and oxygen atoms in total. The van der Waals surface area contributed by atoms with Crippen LogP contribution in [0.2, 0.25) is 0 Å². The molecule has 0 heterocycles. The van der Waals surface area contributed by atoms with E-state index in [2.05, 4.69) is 20.8 Å². The molecule has 0 amide bonds. The Kier molecular flexibility index (Phi) is 278. The van der Waals surface area contributed by atoms with Gasteiger partial charge in [-0.25, -0.2) is 0 Å². The Hall–Kier alpha value is 1.46. The van der Waals surface area contributed by atoms with Crippen molar-refractivity contribution in [2.45, 2.75) is 20.8 Å². The first-order chi connectivity index (χ1) is 4.41. The second-order valence-corrected chi connectivity index (χ2v) is 3.80. The molecule has 0 rings (SSSR count). The molecule has 0 atom stereocenters. The van der Waals surface area contributed by atoms with Gasteiger partial charge in [-0.05, 0) is 0 Å². The maximum atomic E-state index is 4.93. The predicted molar refractivity (Wildman–Crippen MR) is 44.8 cm³/mol. The molecule has 0 radical (unpaired) electrons. The molecule has 0 aliphatic rings. The van der Waals surface area contributed by atoms with Crippen LogP contribution in [-0.2, 0) is 20.8 Å². The molecule has 0 fully saturated rings. The standard InChI is InChI=1S/3C2H5.2ClH.Zr/c3*1-2;;;/h3*1H2,2H3;2*1H;/q3*-1;;;+2/p-2. The van der Waals surface area contributed by atoms with Crippen molar-refractivity contribution >= 4 is 17.0 Å². The van der Waals surface area contributed by atoms with Crippen LogP contribution in [0.4, 0.5) is 0 Å². The molecule has 0 spiro atoms. The van der Waals surface area contributed by atoms with Gasteiger partial charge in [0.15, 0.2) is 0 Å². The summed E-state index contributed by atoms with van der Waals surface area (Å²) in [6.45, 7) is 15.0. The first-order valence-electron chi connectivity index (χ1n) is 2.50. The summed E-state index contributed by atoms with van der Waals surface area (Å²) in [7, 11) is 9.87. The first-order valence-corrected chi connectivity index (χ1v) is 8.83. The minimum absolute atomic E-state index is 0.826. The SMILES string of the molecule is [CH2-]C.[CH2-]C.[CH2-]C.[Cl][Zr][Cl]. The Balaban J connectivity index is -0.0000000190. The van der Waals surface area contributed by atoms with E-state index in [1.165, 1.54) is 0 Å². The Morgan fingerprint density at radius 2 is 0.778 bits per heavy atom. The van der Waals surface area contributed by atoms with Gasteiger partial charge in [-0.1, -0.05) is 0 Å². The molecule has 0 aromatic rings. The Labute approximate surface area is 79.0 Å². The summed E-state index contributed by atoms with van der Waals surface area (Å²) >= 11 is -0.826. The van der Waals surface area contributed by atoms with Crippen LogP contribution in [0, 0.1) is 20.8 Å². The van der Waals surface area contributed by atoms with Gasteiger partial charge in [0, 0.05) is 0 Å². The van der Waals surface area contributed by atoms with Crippen molar-refractivity contribution in [2.24, 2.45) is 0 Å². The fraction of sp³-hybridized carbons (Fsp3) is 0.500. The number of hydrogen-bond donors (Lipinski definition) is 0. The summed E-state index contributed by atoms with van der Waals surface area (Å²) < 4.78 is 0. The first kappa shape index (κ1) is 22.4. The molecule has 0 aromatic carbocycles. The van der Waals surface area contributed by atoms with Crippen LogP contribution in [-0.4, -0.2) is 0 Å². The zero-order valence-corrected chi connectivity index (χ0v) is 10.3. The monoisotopic (exact) mass is 247 g/mol. The summed E-state index contributed by atoms with van der Waals surface area (Å²) in [5, 5.41) is 0. The fourth-order valence-corrected chi connectivity index (χ4v) is 0. The molecule has 0 aliphatic carbocycles. The average Bonchev–Trinajstić information content (AvgIpc) is 2.01. The summed E-state index contributed by atoms with van der Waals surface area (Å²) in [5.74, 6) is 0. The van der Waals surface area contributed by atoms with E-state index in [0.29, 0.717) is 0 Å². The molecular formula is C6H15Cl2Zr-3. The van der Waals surface area contributed by atoms with E-state index in [4.69, 9.17) is 17.0 Å². The molecule has 0 bridgehead atoms. The van der Waals surface area contributed by atoms with Crippen molar-refractivity contribution in [3.8, 4) is 0 Å². The van der Waals surface area contributed by atoms with Gasteiger partial charge >= 0.3 is 37.9 Å². The van der Waals surface area contributed by atoms with E-state index >= 15 is 0 Å². The van der Waals surface area contributed by atoms with Crippen LogP contribution in [0.15, 0.2) is 0 Å². The molecule has 0 saturated carbocycles. The third-order valence-corrected chi connectivity index (χ3v) is 0. The molecule has 0 N–H and O–H groups in total. The molecule has 0 aromatic heterocycles. The average molecular weight is 249 g/mol. The van der Waals surface area contributed by atoms with Gasteiger partial charge in [0.2, 0.25) is 0 Å². The molecular weight excluding hydrogens is 234 g/mol. The quantitative estimate of drug-likeness (QED) is 0.571. The van der Waals surface area contributed by atoms with Crippen molar-refractivity contribution in [1.82, 2.24) is 0 Å². The van der Waals surface area contributed by atoms with Crippen LogP contribution in [0.5, 0.6) is 0 Å². The number of hydrogen-bond acceptors (Lipinski definition) is 0. The van der Waals surface area contributed by atoms with E-state index in [0.717, 1.165) is 0 Å². The van der Waals surface area contributed by atoms with Gasteiger partial charge in [-0.15, -0.1) is 0 Å². The second kappa shape index (κ2) is 112. The molecule has 0 unspecified atom stereocenters. The van der Waals surface area contributed by atoms with Crippen LogP contribution >= 0.6 is 17.0 Å². The van der Waals surface area contributed by atoms with Gasteiger partial charge in [-0.2, -0.15) is 20.8 Å². The van der Waals surface area contributed by atoms with Crippen LogP contribution in [0.1, 0.15) is 20.8 Å². The van der Waals surface area contributed by atoms with Gasteiger partial charge in [0.1, 0.15) is 0 Å². The van der Waals surface area contributed by atoms with E-state index in [9.17, 15) is 0 Å². The fourth-order valence-electron chi connectivity index (χ4n) is 0. The van der Waals surface area contributed by atoms with Crippen molar-refractivity contribution in [3.63, 3.8) is 0 Å². The van der Waals surface area contributed by atoms with E-state index in [1.807, 2.05) is 0 Å². The molecule has 60 valence electrons. The third-order valence-electron chi connectivity index (χ3n) is 0. The van der Waals surface area contributed by atoms with Crippen LogP contribution in [0.3, 0.4) is 0 Å². The van der Waals surface area contributed by atoms with Gasteiger partial charge in [0.05, 0.1) is 0 Å². The van der Waals surface area contributed by atoms with Crippen molar-refractivity contribution in [3.05, 3.63) is 20.8 Å². The summed E-state index contributed by atoms with van der Waals surface area (Å²) in [5.41, 5.74) is 0. The van der Waals surface area contributed by atoms with Gasteiger partial charge in [-0.3, -0.25) is 0 Å². The topological polar surface area (TPSA) is 0 Å². The minimum atomic E-state index is -0.826. The zero-order valence-electron chi connectivity index (χ0n) is 6.38. The van der Waals surface area contributed by atoms with Crippen LogP contribution in [0.25, 0.3) is 0 Å². The summed E-state index contributed by atoms with van der Waals surface area (Å²) in [6, 6.07) is 0. The maximum absolute atomic E-state index is 4.93. The number of halogens is 2. The zero-order chi connectivity index (χ0) is 8.71. The summed E-state index contributed by atoms with van der Waals surface area (Å²) in [4.78, 5) is 0. The molecule has 0 aliphatic heterocycles. The molecule has 0 saturated heterocycles. The number of rotatable bonds is 0. The second-order valence-electron chi connectivity index (χ2n) is 0.0714. The predicted octanol–water partition coefficient (Wildman–Crippen LogP) is 3.90. The van der Waals surface area contributed by atoms with E-state index in [1.54, 1.807) is 20.8 Å². The Bertz CT molecular complexity index is 11.0. The van der Waals surface area contributed by atoms with E-state index in [-0.39, 0.29) is 0 Å². The van der Waals surface area contributed by atoms with Crippen molar-refractivity contribution in [2.75, 3.05) is 0 Å². The Morgan fingerprint density at radius 1 is 0.778 bits per heavy atom. The third kappa shape index (κ3) is 246. The van der Waals surface area contributed by atoms with Gasteiger partial charge in [0.25, 0.3) is 0 Å². The van der Waals surface area contributed by atoms with Gasteiger partial charge < -0.3 is 20.8 Å². The molecule has 3 heteroatoms.